The van der Waals surface area contributed by atoms with Crippen molar-refractivity contribution in [2.75, 3.05) is 0 Å². The lowest BCUT2D eigenvalue weighted by atomic mass is 10.2. The number of hydrogen-bond donors (Lipinski definition) is 0. The maximum absolute atomic E-state index is 5.83. The van der Waals surface area contributed by atoms with Crippen molar-refractivity contribution in [3.8, 4) is 0 Å². The van der Waals surface area contributed by atoms with Gasteiger partial charge in [0.1, 0.15) is 0 Å². The molecule has 0 amide bonds. The summed E-state index contributed by atoms with van der Waals surface area (Å²) in [7, 11) is -2.02. The molecule has 0 saturated heterocycles. The fraction of sp³-hybridized carbons (Fsp3) is 1.00. The quantitative estimate of drug-likeness (QED) is 0.283. The highest BCUT2D eigenvalue weighted by atomic mass is 35.6. The van der Waals surface area contributed by atoms with E-state index in [2.05, 4.69) is 0 Å². The fourth-order valence-corrected chi connectivity index (χ4v) is 0.767. The molecule has 0 spiro atoms. The van der Waals surface area contributed by atoms with E-state index in [1.807, 2.05) is 33.9 Å². The van der Waals surface area contributed by atoms with Crippen LogP contribution in [0, 0.1) is 0 Å². The summed E-state index contributed by atoms with van der Waals surface area (Å²) >= 11 is 5.83. The van der Waals surface area contributed by atoms with Crippen LogP contribution in [0.15, 0.2) is 0 Å². The first-order valence-electron chi connectivity index (χ1n) is 3.26. The third-order valence-electron chi connectivity index (χ3n) is 0.490. The van der Waals surface area contributed by atoms with Gasteiger partial charge in [-0.15, -0.1) is 11.1 Å². The molecule has 0 atom stereocenters. The number of rotatable bonds is 2. The first kappa shape index (κ1) is 10.4. The summed E-state index contributed by atoms with van der Waals surface area (Å²) in [6.07, 6.45) is 0. The van der Waals surface area contributed by atoms with Gasteiger partial charge >= 0.3 is 7.63 Å². The molecule has 0 radical (unpaired) electrons. The minimum absolute atomic E-state index is 0.265. The maximum atomic E-state index is 5.83. The van der Waals surface area contributed by atoms with E-state index >= 15 is 0 Å². The van der Waals surface area contributed by atoms with Crippen LogP contribution >= 0.6 is 11.1 Å². The molecule has 2 nitrogen and oxygen atoms in total. The summed E-state index contributed by atoms with van der Waals surface area (Å²) < 4.78 is 5.00. The third-order valence-corrected chi connectivity index (χ3v) is 1.16. The van der Waals surface area contributed by atoms with Crippen LogP contribution in [-0.4, -0.2) is 13.2 Å². The highest BCUT2D eigenvalue weighted by molar-refractivity contribution is 7.15. The lowest BCUT2D eigenvalue weighted by molar-refractivity contribution is -0.282. The van der Waals surface area contributed by atoms with E-state index in [1.165, 1.54) is 0 Å². The van der Waals surface area contributed by atoms with Gasteiger partial charge in [-0.25, -0.2) is 4.89 Å². The van der Waals surface area contributed by atoms with Gasteiger partial charge in [0.15, 0.2) is 0 Å². The Bertz CT molecular complexity index is 89.3. The van der Waals surface area contributed by atoms with E-state index < -0.39 is 7.63 Å². The molecular formula is C6H15ClO2Si. The van der Waals surface area contributed by atoms with E-state index in [1.54, 1.807) is 0 Å². The van der Waals surface area contributed by atoms with Crippen molar-refractivity contribution in [1.29, 1.82) is 0 Å². The first-order chi connectivity index (χ1) is 4.21. The molecule has 0 saturated carbocycles. The SMILES string of the molecule is CC(C)(C)OO[Si](C)(C)Cl. The van der Waals surface area contributed by atoms with Crippen molar-refractivity contribution < 1.29 is 9.46 Å². The number of halogens is 1. The molecule has 0 aromatic heterocycles. The first-order valence-corrected chi connectivity index (χ1v) is 7.18. The van der Waals surface area contributed by atoms with Gasteiger partial charge in [-0.05, 0) is 33.9 Å². The van der Waals surface area contributed by atoms with Crippen LogP contribution in [0.5, 0.6) is 0 Å². The van der Waals surface area contributed by atoms with Crippen LogP contribution in [0.3, 0.4) is 0 Å². The second kappa shape index (κ2) is 3.22. The molecular weight excluding hydrogens is 168 g/mol. The Kier molecular flexibility index (Phi) is 3.35. The van der Waals surface area contributed by atoms with Crippen LogP contribution in [0.25, 0.3) is 0 Å². The molecule has 0 fully saturated rings. The van der Waals surface area contributed by atoms with Crippen LogP contribution in [0.4, 0.5) is 0 Å². The summed E-state index contributed by atoms with van der Waals surface area (Å²) in [4.78, 5) is 5.02. The summed E-state index contributed by atoms with van der Waals surface area (Å²) in [5.74, 6) is 0. The van der Waals surface area contributed by atoms with E-state index in [0.717, 1.165) is 0 Å². The zero-order valence-corrected chi connectivity index (χ0v) is 8.95. The van der Waals surface area contributed by atoms with Gasteiger partial charge in [-0.3, -0.25) is 4.58 Å². The smallest absolute Gasteiger partial charge is 0.267 e. The molecule has 0 heterocycles. The minimum atomic E-state index is -2.02. The molecule has 4 heteroatoms. The molecule has 0 aliphatic carbocycles. The molecule has 0 N–H and O–H groups in total. The largest absolute Gasteiger partial charge is 0.325 e. The van der Waals surface area contributed by atoms with E-state index in [0.29, 0.717) is 0 Å². The molecule has 0 aliphatic rings. The van der Waals surface area contributed by atoms with Crippen molar-refractivity contribution in [1.82, 2.24) is 0 Å². The Labute approximate surface area is 68.2 Å². The van der Waals surface area contributed by atoms with Gasteiger partial charge < -0.3 is 0 Å². The van der Waals surface area contributed by atoms with Crippen molar-refractivity contribution in [2.45, 2.75) is 39.5 Å². The van der Waals surface area contributed by atoms with E-state index in [-0.39, 0.29) is 5.60 Å². The average molecular weight is 183 g/mol. The summed E-state index contributed by atoms with van der Waals surface area (Å²) in [5, 5.41) is 0. The monoisotopic (exact) mass is 182 g/mol. The number of hydrogen-bond acceptors (Lipinski definition) is 2. The van der Waals surface area contributed by atoms with Gasteiger partial charge in [0.05, 0.1) is 5.60 Å². The molecule has 0 aliphatic heterocycles. The predicted molar refractivity (Wildman–Crippen MR) is 45.3 cm³/mol. The van der Waals surface area contributed by atoms with Crippen molar-refractivity contribution in [3.05, 3.63) is 0 Å². The summed E-state index contributed by atoms with van der Waals surface area (Å²) in [6, 6.07) is 0. The normalized spacial score (nSPS) is 13.8. The van der Waals surface area contributed by atoms with Gasteiger partial charge in [0.25, 0.3) is 0 Å². The van der Waals surface area contributed by atoms with Crippen molar-refractivity contribution in [3.63, 3.8) is 0 Å². The van der Waals surface area contributed by atoms with Gasteiger partial charge in [0.2, 0.25) is 0 Å². The lowest BCUT2D eigenvalue weighted by Crippen LogP contribution is -2.29. The molecule has 0 bridgehead atoms. The molecule has 0 rings (SSSR count). The molecule has 10 heavy (non-hydrogen) atoms. The predicted octanol–water partition coefficient (Wildman–Crippen LogP) is 2.67. The zero-order valence-electron chi connectivity index (χ0n) is 7.19. The van der Waals surface area contributed by atoms with E-state index in [9.17, 15) is 0 Å². The second-order valence-electron chi connectivity index (χ2n) is 3.64. The molecule has 0 unspecified atom stereocenters. The Balaban J connectivity index is 3.56. The maximum Gasteiger partial charge on any atom is 0.325 e. The van der Waals surface area contributed by atoms with E-state index in [4.69, 9.17) is 20.5 Å². The lowest BCUT2D eigenvalue weighted by Gasteiger charge is -2.22. The van der Waals surface area contributed by atoms with Crippen molar-refractivity contribution in [2.24, 2.45) is 0 Å². The summed E-state index contributed by atoms with van der Waals surface area (Å²) in [6.45, 7) is 9.48. The van der Waals surface area contributed by atoms with Crippen LogP contribution in [0.2, 0.25) is 13.1 Å². The van der Waals surface area contributed by atoms with Gasteiger partial charge in [-0.2, -0.15) is 0 Å². The third kappa shape index (κ3) is 8.43. The van der Waals surface area contributed by atoms with Crippen LogP contribution < -0.4 is 0 Å². The highest BCUT2D eigenvalue weighted by Gasteiger charge is 2.23. The molecule has 62 valence electrons. The molecule has 0 aromatic carbocycles. The Morgan fingerprint density at radius 2 is 1.60 bits per heavy atom. The van der Waals surface area contributed by atoms with Gasteiger partial charge in [-0.1, -0.05) is 0 Å². The van der Waals surface area contributed by atoms with Crippen molar-refractivity contribution >= 4 is 18.7 Å². The topological polar surface area (TPSA) is 18.5 Å². The fourth-order valence-electron chi connectivity index (χ4n) is 0.224. The Hall–Kier alpha value is 0.427. The van der Waals surface area contributed by atoms with Crippen LogP contribution in [0.1, 0.15) is 20.8 Å². The standard InChI is InChI=1S/C6H15ClO2Si/c1-6(2,3)8-9-10(4,5)7/h1-5H3. The average Bonchev–Trinajstić information content (AvgIpc) is 1.57. The van der Waals surface area contributed by atoms with Crippen LogP contribution in [-0.2, 0) is 9.46 Å². The highest BCUT2D eigenvalue weighted by Crippen LogP contribution is 2.15. The Morgan fingerprint density at radius 3 is 1.70 bits per heavy atom. The Morgan fingerprint density at radius 1 is 1.20 bits per heavy atom. The minimum Gasteiger partial charge on any atom is -0.267 e. The second-order valence-corrected chi connectivity index (χ2v) is 9.27. The van der Waals surface area contributed by atoms with Gasteiger partial charge in [0, 0.05) is 0 Å². The zero-order chi connectivity index (χ0) is 8.41. The molecule has 0 aromatic rings. The summed E-state index contributed by atoms with van der Waals surface area (Å²) in [5.41, 5.74) is -0.265.